The summed E-state index contributed by atoms with van der Waals surface area (Å²) >= 11 is 1.31. The molecule has 0 radical (unpaired) electrons. The highest BCUT2D eigenvalue weighted by Gasteiger charge is 2.17. The van der Waals surface area contributed by atoms with Gasteiger partial charge in [0.2, 0.25) is 0 Å². The molecule has 1 aromatic heterocycles. The van der Waals surface area contributed by atoms with Crippen LogP contribution in [-0.4, -0.2) is 31.6 Å². The van der Waals surface area contributed by atoms with Crippen molar-refractivity contribution in [2.24, 2.45) is 0 Å². The summed E-state index contributed by atoms with van der Waals surface area (Å²) in [5.74, 6) is 0.673. The lowest BCUT2D eigenvalue weighted by atomic mass is 10.0. The van der Waals surface area contributed by atoms with Gasteiger partial charge in [-0.25, -0.2) is 4.79 Å². The smallest absolute Gasteiger partial charge is 0.348 e. The predicted octanol–water partition coefficient (Wildman–Crippen LogP) is 5.38. The van der Waals surface area contributed by atoms with Crippen LogP contribution in [0.1, 0.15) is 20.0 Å². The van der Waals surface area contributed by atoms with Gasteiger partial charge in [-0.2, -0.15) is 0 Å². The van der Waals surface area contributed by atoms with E-state index in [0.29, 0.717) is 29.4 Å². The van der Waals surface area contributed by atoms with Gasteiger partial charge in [0.05, 0.1) is 0 Å². The van der Waals surface area contributed by atoms with E-state index in [4.69, 9.17) is 14.2 Å². The quantitative estimate of drug-likeness (QED) is 0.314. The van der Waals surface area contributed by atoms with Crippen LogP contribution in [-0.2, 0) is 4.74 Å². The van der Waals surface area contributed by atoms with Crippen LogP contribution in [0.15, 0.2) is 72.8 Å². The second-order valence-electron chi connectivity index (χ2n) is 7.08. The molecule has 0 bridgehead atoms. The second-order valence-corrected chi connectivity index (χ2v) is 8.17. The van der Waals surface area contributed by atoms with Crippen LogP contribution in [0.2, 0.25) is 0 Å². The van der Waals surface area contributed by atoms with Gasteiger partial charge in [0.15, 0.2) is 23.9 Å². The minimum absolute atomic E-state index is 0.234. The number of esters is 1. The minimum Gasteiger partial charge on any atom is -0.486 e. The maximum atomic E-state index is 12.5. The Morgan fingerprint density at radius 1 is 0.839 bits per heavy atom. The summed E-state index contributed by atoms with van der Waals surface area (Å²) in [6.45, 7) is 0.761. The van der Waals surface area contributed by atoms with Crippen LogP contribution < -0.4 is 9.47 Å². The van der Waals surface area contributed by atoms with Crippen molar-refractivity contribution in [3.63, 3.8) is 0 Å². The SMILES string of the molecule is O=C(COC(=O)c1ccc(-c2ccc3c(c2)OCCO3)s1)c1ccc2ccccc2c1. The molecule has 3 aromatic carbocycles. The third-order valence-corrected chi connectivity index (χ3v) is 6.15. The molecular formula is C25H18O5S. The summed E-state index contributed by atoms with van der Waals surface area (Å²) in [7, 11) is 0. The number of benzene rings is 3. The molecule has 0 fully saturated rings. The molecule has 1 aliphatic heterocycles. The van der Waals surface area contributed by atoms with Crippen molar-refractivity contribution in [2.45, 2.75) is 0 Å². The lowest BCUT2D eigenvalue weighted by Gasteiger charge is -2.18. The van der Waals surface area contributed by atoms with E-state index in [1.807, 2.05) is 60.7 Å². The first-order valence-corrected chi connectivity index (χ1v) is 10.7. The van der Waals surface area contributed by atoms with E-state index < -0.39 is 5.97 Å². The first kappa shape index (κ1) is 19.3. The van der Waals surface area contributed by atoms with Gasteiger partial charge in [0.25, 0.3) is 0 Å². The fourth-order valence-electron chi connectivity index (χ4n) is 3.45. The summed E-state index contributed by atoms with van der Waals surface area (Å²) < 4.78 is 16.4. The number of hydrogen-bond donors (Lipinski definition) is 0. The fraction of sp³-hybridized carbons (Fsp3) is 0.120. The summed E-state index contributed by atoms with van der Waals surface area (Å²) in [6.07, 6.45) is 0. The number of ketones is 1. The molecule has 31 heavy (non-hydrogen) atoms. The van der Waals surface area contributed by atoms with Gasteiger partial charge in [-0.05, 0) is 52.7 Å². The zero-order valence-corrected chi connectivity index (χ0v) is 17.3. The molecular weight excluding hydrogens is 412 g/mol. The molecule has 5 rings (SSSR count). The Labute approximate surface area is 182 Å². The highest BCUT2D eigenvalue weighted by molar-refractivity contribution is 7.17. The van der Waals surface area contributed by atoms with Gasteiger partial charge in [0, 0.05) is 10.4 Å². The van der Waals surface area contributed by atoms with E-state index in [2.05, 4.69) is 0 Å². The summed E-state index contributed by atoms with van der Waals surface area (Å²) in [5, 5.41) is 2.03. The van der Waals surface area contributed by atoms with Gasteiger partial charge in [0.1, 0.15) is 18.1 Å². The molecule has 0 N–H and O–H groups in total. The van der Waals surface area contributed by atoms with Crippen molar-refractivity contribution in [3.8, 4) is 21.9 Å². The molecule has 0 amide bonds. The highest BCUT2D eigenvalue weighted by Crippen LogP contribution is 2.37. The first-order chi connectivity index (χ1) is 15.2. The Hall–Kier alpha value is -3.64. The molecule has 0 atom stereocenters. The van der Waals surface area contributed by atoms with E-state index >= 15 is 0 Å². The molecule has 0 saturated heterocycles. The van der Waals surface area contributed by atoms with Crippen LogP contribution in [0.5, 0.6) is 11.5 Å². The summed E-state index contributed by atoms with van der Waals surface area (Å²) in [5.41, 5.74) is 1.45. The zero-order chi connectivity index (χ0) is 21.2. The highest BCUT2D eigenvalue weighted by atomic mass is 32.1. The number of ether oxygens (including phenoxy) is 3. The van der Waals surface area contributed by atoms with Crippen LogP contribution in [0.4, 0.5) is 0 Å². The number of Topliss-reactive ketones (excluding diaryl/α,β-unsaturated/α-hetero) is 1. The fourth-order valence-corrected chi connectivity index (χ4v) is 4.34. The lowest BCUT2D eigenvalue weighted by Crippen LogP contribution is -2.15. The van der Waals surface area contributed by atoms with Gasteiger partial charge < -0.3 is 14.2 Å². The number of hydrogen-bond acceptors (Lipinski definition) is 6. The minimum atomic E-state index is -0.511. The molecule has 1 aliphatic rings. The first-order valence-electron chi connectivity index (χ1n) is 9.86. The van der Waals surface area contributed by atoms with Crippen LogP contribution in [0.25, 0.3) is 21.2 Å². The Morgan fingerprint density at radius 2 is 1.65 bits per heavy atom. The molecule has 6 heteroatoms. The monoisotopic (exact) mass is 430 g/mol. The third-order valence-electron chi connectivity index (χ3n) is 5.04. The summed E-state index contributed by atoms with van der Waals surface area (Å²) in [4.78, 5) is 26.3. The average Bonchev–Trinajstić information content (AvgIpc) is 3.32. The topological polar surface area (TPSA) is 61.8 Å². The van der Waals surface area contributed by atoms with Crippen LogP contribution in [0.3, 0.4) is 0 Å². The molecule has 154 valence electrons. The van der Waals surface area contributed by atoms with Gasteiger partial charge in [-0.15, -0.1) is 11.3 Å². The van der Waals surface area contributed by atoms with Crippen molar-refractivity contribution in [2.75, 3.05) is 19.8 Å². The van der Waals surface area contributed by atoms with Gasteiger partial charge in [-0.1, -0.05) is 36.4 Å². The number of thiophene rings is 1. The number of carbonyl (C=O) groups excluding carboxylic acids is 2. The maximum absolute atomic E-state index is 12.5. The van der Waals surface area contributed by atoms with Gasteiger partial charge in [-0.3, -0.25) is 4.79 Å². The zero-order valence-electron chi connectivity index (χ0n) is 16.5. The van der Waals surface area contributed by atoms with E-state index in [0.717, 1.165) is 27.0 Å². The predicted molar refractivity (Wildman–Crippen MR) is 119 cm³/mol. The maximum Gasteiger partial charge on any atom is 0.348 e. The standard InChI is InChI=1S/C25H18O5S/c26-20(18-6-5-16-3-1-2-4-17(16)13-18)15-30-25(27)24-10-9-23(31-24)19-7-8-21-22(14-19)29-12-11-28-21/h1-10,13-14H,11-12,15H2. The Kier molecular flexibility index (Phi) is 5.14. The lowest BCUT2D eigenvalue weighted by molar-refractivity contribution is 0.0479. The molecule has 0 aliphatic carbocycles. The van der Waals surface area contributed by atoms with Crippen molar-refractivity contribution < 1.29 is 23.8 Å². The van der Waals surface area contributed by atoms with Crippen molar-refractivity contribution >= 4 is 33.9 Å². The molecule has 0 unspecified atom stereocenters. The molecule has 0 spiro atoms. The van der Waals surface area contributed by atoms with Gasteiger partial charge >= 0.3 is 5.97 Å². The Morgan fingerprint density at radius 3 is 2.52 bits per heavy atom. The molecule has 4 aromatic rings. The van der Waals surface area contributed by atoms with Crippen LogP contribution >= 0.6 is 11.3 Å². The molecule has 0 saturated carbocycles. The largest absolute Gasteiger partial charge is 0.486 e. The van der Waals surface area contributed by atoms with Crippen molar-refractivity contribution in [1.29, 1.82) is 0 Å². The van der Waals surface area contributed by atoms with E-state index in [1.165, 1.54) is 11.3 Å². The van der Waals surface area contributed by atoms with E-state index in [9.17, 15) is 9.59 Å². The Balaban J connectivity index is 1.26. The number of fused-ring (bicyclic) bond motifs is 2. The number of carbonyl (C=O) groups is 2. The van der Waals surface area contributed by atoms with Crippen LogP contribution in [0, 0.1) is 0 Å². The van der Waals surface area contributed by atoms with Crippen molar-refractivity contribution in [1.82, 2.24) is 0 Å². The average molecular weight is 430 g/mol. The van der Waals surface area contributed by atoms with E-state index in [1.54, 1.807) is 12.1 Å². The van der Waals surface area contributed by atoms with E-state index in [-0.39, 0.29) is 12.4 Å². The van der Waals surface area contributed by atoms with Crippen molar-refractivity contribution in [3.05, 3.63) is 83.2 Å². The number of rotatable bonds is 5. The summed E-state index contributed by atoms with van der Waals surface area (Å²) in [6, 6.07) is 22.5. The second kappa shape index (κ2) is 8.24. The molecule has 5 nitrogen and oxygen atoms in total. The third kappa shape index (κ3) is 4.02. The normalized spacial score (nSPS) is 12.5. The Bertz CT molecular complexity index is 1290. The molecule has 2 heterocycles.